The number of hydrogen-bond donors (Lipinski definition) is 2. The van der Waals surface area contributed by atoms with E-state index in [4.69, 9.17) is 0 Å². The van der Waals surface area contributed by atoms with Gasteiger partial charge < -0.3 is 5.32 Å². The minimum absolute atomic E-state index is 0.237. The molecule has 1 aliphatic heterocycles. The molecule has 134 valence electrons. The molecule has 0 bridgehead atoms. The monoisotopic (exact) mass is 480 g/mol. The first-order chi connectivity index (χ1) is 12.5. The van der Waals surface area contributed by atoms with Gasteiger partial charge in [-0.25, -0.2) is 9.78 Å². The van der Waals surface area contributed by atoms with Crippen molar-refractivity contribution >= 4 is 55.5 Å². The number of carbonyl (C=O) groups excluding carboxylic acids is 3. The molecule has 3 rings (SSSR count). The van der Waals surface area contributed by atoms with Crippen LogP contribution in [0.5, 0.6) is 0 Å². The van der Waals surface area contributed by atoms with Gasteiger partial charge in [-0.2, -0.15) is 0 Å². The summed E-state index contributed by atoms with van der Waals surface area (Å²) in [5.41, 5.74) is 0.807. The number of rotatable bonds is 5. The molecule has 1 aliphatic rings. The highest BCUT2D eigenvalue weighted by Crippen LogP contribution is 2.25. The molecule has 2 aromatic rings. The summed E-state index contributed by atoms with van der Waals surface area (Å²) in [4.78, 5) is 41.7. The largest absolute Gasteiger partial charge is 0.338 e. The van der Waals surface area contributed by atoms with Crippen molar-refractivity contribution in [2.75, 3.05) is 18.4 Å². The lowest BCUT2D eigenvalue weighted by molar-refractivity contribution is 0.0653. The molecule has 1 aromatic heterocycles. The van der Waals surface area contributed by atoms with Crippen LogP contribution in [0.3, 0.4) is 0 Å². The third kappa shape index (κ3) is 4.10. The summed E-state index contributed by atoms with van der Waals surface area (Å²) in [6.07, 6.45) is 2.03. The van der Waals surface area contributed by atoms with Crippen LogP contribution in [0.25, 0.3) is 0 Å². The fraction of sp³-hybridized carbons (Fsp3) is 0.176. The number of carbonyl (C=O) groups is 3. The molecular weight excluding hydrogens is 468 g/mol. The van der Waals surface area contributed by atoms with Crippen LogP contribution in [0.15, 0.2) is 45.5 Å². The van der Waals surface area contributed by atoms with Gasteiger partial charge in [0.15, 0.2) is 0 Å². The summed E-state index contributed by atoms with van der Waals surface area (Å²) < 4.78 is 1.57. The Kier molecular flexibility index (Phi) is 5.67. The van der Waals surface area contributed by atoms with Crippen LogP contribution in [0.4, 0.5) is 10.6 Å². The quantitative estimate of drug-likeness (QED) is 0.505. The van der Waals surface area contributed by atoms with Gasteiger partial charge in [0.2, 0.25) is 0 Å². The molecule has 0 atom stereocenters. The number of anilines is 1. The Balaban J connectivity index is 1.47. The average molecular weight is 482 g/mol. The van der Waals surface area contributed by atoms with E-state index < -0.39 is 6.03 Å². The summed E-state index contributed by atoms with van der Waals surface area (Å²) in [5, 5.41) is 5.27. The van der Waals surface area contributed by atoms with Crippen molar-refractivity contribution in [1.29, 1.82) is 0 Å². The fourth-order valence-electron chi connectivity index (χ4n) is 2.52. The van der Waals surface area contributed by atoms with Crippen LogP contribution in [0.1, 0.15) is 27.1 Å². The fourth-order valence-corrected chi connectivity index (χ4v) is 3.11. The van der Waals surface area contributed by atoms with Gasteiger partial charge in [-0.1, -0.05) is 15.9 Å². The van der Waals surface area contributed by atoms with Crippen LogP contribution < -0.4 is 10.6 Å². The summed E-state index contributed by atoms with van der Waals surface area (Å²) in [6, 6.07) is 8.05. The van der Waals surface area contributed by atoms with Gasteiger partial charge in [-0.05, 0) is 52.7 Å². The lowest BCUT2D eigenvalue weighted by Gasteiger charge is -2.14. The topological polar surface area (TPSA) is 91.4 Å². The molecule has 26 heavy (non-hydrogen) atoms. The SMILES string of the molecule is O=C(NCCCN1C(=O)c2ccc(Br)cc2C1=O)Nc1ccc(Br)cn1. The Morgan fingerprint density at radius 2 is 1.77 bits per heavy atom. The number of pyridine rings is 1. The van der Waals surface area contributed by atoms with Crippen LogP contribution in [-0.4, -0.2) is 40.8 Å². The molecule has 0 spiro atoms. The Bertz CT molecular complexity index is 871. The van der Waals surface area contributed by atoms with Gasteiger partial charge in [0.1, 0.15) is 5.82 Å². The molecule has 7 nitrogen and oxygen atoms in total. The third-order valence-electron chi connectivity index (χ3n) is 3.75. The van der Waals surface area contributed by atoms with Crippen molar-refractivity contribution in [1.82, 2.24) is 15.2 Å². The maximum Gasteiger partial charge on any atom is 0.320 e. The second kappa shape index (κ2) is 7.96. The third-order valence-corrected chi connectivity index (χ3v) is 4.71. The first-order valence-corrected chi connectivity index (χ1v) is 9.36. The standard InChI is InChI=1S/C17H14Br2N4O3/c18-10-2-4-12-13(8-10)16(25)23(15(12)24)7-1-6-20-17(26)22-14-5-3-11(19)9-21-14/h2-5,8-9H,1,6-7H2,(H2,20,21,22,26). The number of halogens is 2. The highest BCUT2D eigenvalue weighted by atomic mass is 79.9. The molecule has 0 fully saturated rings. The smallest absolute Gasteiger partial charge is 0.320 e. The van der Waals surface area contributed by atoms with Crippen molar-refractivity contribution in [3.05, 3.63) is 56.6 Å². The van der Waals surface area contributed by atoms with E-state index in [1.807, 2.05) is 0 Å². The van der Waals surface area contributed by atoms with Crippen LogP contribution in [0.2, 0.25) is 0 Å². The van der Waals surface area contributed by atoms with Gasteiger partial charge in [-0.15, -0.1) is 0 Å². The molecule has 0 aliphatic carbocycles. The van der Waals surface area contributed by atoms with E-state index in [0.29, 0.717) is 29.9 Å². The van der Waals surface area contributed by atoms with Crippen molar-refractivity contribution in [2.45, 2.75) is 6.42 Å². The van der Waals surface area contributed by atoms with E-state index in [1.54, 1.807) is 36.5 Å². The van der Waals surface area contributed by atoms with Crippen molar-refractivity contribution in [3.63, 3.8) is 0 Å². The van der Waals surface area contributed by atoms with Crippen molar-refractivity contribution in [3.8, 4) is 0 Å². The number of aromatic nitrogens is 1. The number of benzene rings is 1. The number of fused-ring (bicyclic) bond motifs is 1. The molecule has 1 aromatic carbocycles. The van der Waals surface area contributed by atoms with Gasteiger partial charge in [0, 0.05) is 28.2 Å². The molecule has 0 radical (unpaired) electrons. The zero-order valence-electron chi connectivity index (χ0n) is 13.5. The lowest BCUT2D eigenvalue weighted by Crippen LogP contribution is -2.35. The number of urea groups is 1. The van der Waals surface area contributed by atoms with E-state index in [0.717, 1.165) is 8.95 Å². The first-order valence-electron chi connectivity index (χ1n) is 7.78. The minimum atomic E-state index is -0.397. The minimum Gasteiger partial charge on any atom is -0.338 e. The molecular formula is C17H14Br2N4O3. The number of imide groups is 1. The molecule has 0 unspecified atom stereocenters. The van der Waals surface area contributed by atoms with Gasteiger partial charge in [0.25, 0.3) is 11.8 Å². The van der Waals surface area contributed by atoms with Crippen LogP contribution in [0, 0.1) is 0 Å². The second-order valence-corrected chi connectivity index (χ2v) is 7.38. The van der Waals surface area contributed by atoms with Gasteiger partial charge in [-0.3, -0.25) is 19.8 Å². The van der Waals surface area contributed by atoms with E-state index in [9.17, 15) is 14.4 Å². The molecule has 4 amide bonds. The highest BCUT2D eigenvalue weighted by Gasteiger charge is 2.34. The van der Waals surface area contributed by atoms with Crippen LogP contribution >= 0.6 is 31.9 Å². The summed E-state index contributed by atoms with van der Waals surface area (Å²) in [6.45, 7) is 0.556. The molecule has 0 saturated carbocycles. The Morgan fingerprint density at radius 1 is 1.04 bits per heavy atom. The normalized spacial score (nSPS) is 12.9. The highest BCUT2D eigenvalue weighted by molar-refractivity contribution is 9.10. The predicted molar refractivity (Wildman–Crippen MR) is 103 cm³/mol. The zero-order chi connectivity index (χ0) is 18.7. The zero-order valence-corrected chi connectivity index (χ0v) is 16.6. The maximum atomic E-state index is 12.3. The summed E-state index contributed by atoms with van der Waals surface area (Å²) in [5.74, 6) is -0.188. The number of nitrogens with one attached hydrogen (secondary N) is 2. The summed E-state index contributed by atoms with van der Waals surface area (Å²) in [7, 11) is 0. The molecule has 2 heterocycles. The predicted octanol–water partition coefficient (Wildman–Crippen LogP) is 3.41. The first kappa shape index (κ1) is 18.5. The Labute approximate surface area is 166 Å². The van der Waals surface area contributed by atoms with Gasteiger partial charge in [0.05, 0.1) is 11.1 Å². The lowest BCUT2D eigenvalue weighted by atomic mass is 10.1. The van der Waals surface area contributed by atoms with Crippen molar-refractivity contribution < 1.29 is 14.4 Å². The second-order valence-electron chi connectivity index (χ2n) is 5.55. The van der Waals surface area contributed by atoms with E-state index in [1.165, 1.54) is 4.90 Å². The molecule has 9 heteroatoms. The maximum absolute atomic E-state index is 12.3. The molecule has 2 N–H and O–H groups in total. The van der Waals surface area contributed by atoms with Gasteiger partial charge >= 0.3 is 6.03 Å². The number of amides is 4. The summed E-state index contributed by atoms with van der Waals surface area (Å²) >= 11 is 6.57. The van der Waals surface area contributed by atoms with Crippen LogP contribution in [-0.2, 0) is 0 Å². The van der Waals surface area contributed by atoms with E-state index in [-0.39, 0.29) is 18.4 Å². The van der Waals surface area contributed by atoms with E-state index >= 15 is 0 Å². The van der Waals surface area contributed by atoms with E-state index in [2.05, 4.69) is 47.5 Å². The Morgan fingerprint density at radius 3 is 2.50 bits per heavy atom. The number of hydrogen-bond acceptors (Lipinski definition) is 4. The molecule has 0 saturated heterocycles. The Hall–Kier alpha value is -2.26. The number of nitrogens with zero attached hydrogens (tertiary/aromatic N) is 2. The van der Waals surface area contributed by atoms with Crippen molar-refractivity contribution in [2.24, 2.45) is 0 Å². The average Bonchev–Trinajstić information content (AvgIpc) is 2.84.